The van der Waals surface area contributed by atoms with E-state index in [9.17, 15) is 9.59 Å². The van der Waals surface area contributed by atoms with Crippen molar-refractivity contribution in [2.75, 3.05) is 12.4 Å². The predicted octanol–water partition coefficient (Wildman–Crippen LogP) is 3.47. The molecule has 2 amide bonds. The fourth-order valence-corrected chi connectivity index (χ4v) is 2.75. The van der Waals surface area contributed by atoms with Crippen molar-refractivity contribution in [3.8, 4) is 0 Å². The standard InChI is InChI=1S/C25H34N6O5/c1-16(35-24(33)29-20-12-8-18(9-13-20)15-34-5)21(26)30-31-22(27)19-10-6-17(7-11-19)14-28-23(32)36-25(2,3)4/h6-13,16H,14-15H2,1-5H3,(H2,26,30)(H2,27,31)(H,28,32)(H,29,33). The number of alkyl carbamates (subject to hydrolysis) is 1. The molecule has 194 valence electrons. The number of anilines is 1. The first-order valence-corrected chi connectivity index (χ1v) is 11.2. The van der Waals surface area contributed by atoms with E-state index in [-0.39, 0.29) is 11.7 Å². The average Bonchev–Trinajstić information content (AvgIpc) is 2.81. The van der Waals surface area contributed by atoms with Crippen molar-refractivity contribution in [2.24, 2.45) is 21.7 Å². The Morgan fingerprint density at radius 1 is 0.944 bits per heavy atom. The van der Waals surface area contributed by atoms with Crippen LogP contribution < -0.4 is 22.1 Å². The SMILES string of the molecule is COCc1ccc(NC(=O)OC(C)/C(N)=N/N=C(\N)c2ccc(CNC(=O)OC(C)(C)C)cc2)cc1. The molecule has 0 aromatic heterocycles. The number of amidine groups is 2. The van der Waals surface area contributed by atoms with E-state index in [4.69, 9.17) is 25.7 Å². The molecular weight excluding hydrogens is 464 g/mol. The molecule has 1 atom stereocenters. The smallest absolute Gasteiger partial charge is 0.412 e. The van der Waals surface area contributed by atoms with E-state index >= 15 is 0 Å². The Kier molecular flexibility index (Phi) is 10.2. The molecule has 0 aliphatic carbocycles. The summed E-state index contributed by atoms with van der Waals surface area (Å²) in [7, 11) is 1.61. The van der Waals surface area contributed by atoms with Crippen LogP contribution in [0, 0.1) is 0 Å². The first kappa shape index (κ1) is 28.1. The van der Waals surface area contributed by atoms with Crippen molar-refractivity contribution in [2.45, 2.75) is 52.6 Å². The van der Waals surface area contributed by atoms with Crippen molar-refractivity contribution in [1.29, 1.82) is 0 Å². The molecule has 11 heteroatoms. The Hall–Kier alpha value is -4.12. The summed E-state index contributed by atoms with van der Waals surface area (Å²) in [6.07, 6.45) is -2.02. The number of carbonyl (C=O) groups excluding carboxylic acids is 2. The van der Waals surface area contributed by atoms with Gasteiger partial charge in [-0.3, -0.25) is 5.32 Å². The van der Waals surface area contributed by atoms with Crippen molar-refractivity contribution in [3.05, 3.63) is 65.2 Å². The largest absolute Gasteiger partial charge is 0.444 e. The number of rotatable bonds is 9. The Morgan fingerprint density at radius 2 is 1.56 bits per heavy atom. The maximum Gasteiger partial charge on any atom is 0.412 e. The van der Waals surface area contributed by atoms with E-state index in [1.54, 1.807) is 71.2 Å². The van der Waals surface area contributed by atoms with Crippen LogP contribution in [0.3, 0.4) is 0 Å². The molecule has 36 heavy (non-hydrogen) atoms. The van der Waals surface area contributed by atoms with Gasteiger partial charge >= 0.3 is 12.2 Å². The molecule has 0 aliphatic heterocycles. The van der Waals surface area contributed by atoms with Gasteiger partial charge in [-0.25, -0.2) is 9.59 Å². The van der Waals surface area contributed by atoms with Gasteiger partial charge in [0.2, 0.25) is 0 Å². The zero-order valence-electron chi connectivity index (χ0n) is 21.2. The van der Waals surface area contributed by atoms with Gasteiger partial charge in [0.15, 0.2) is 17.8 Å². The lowest BCUT2D eigenvalue weighted by Gasteiger charge is -2.19. The third-order valence-corrected chi connectivity index (χ3v) is 4.57. The third kappa shape index (κ3) is 10.0. The van der Waals surface area contributed by atoms with Crippen LogP contribution in [0.15, 0.2) is 58.7 Å². The summed E-state index contributed by atoms with van der Waals surface area (Å²) < 4.78 is 15.5. The van der Waals surface area contributed by atoms with E-state index in [0.717, 1.165) is 11.1 Å². The Morgan fingerprint density at radius 3 is 2.14 bits per heavy atom. The van der Waals surface area contributed by atoms with Gasteiger partial charge in [0.25, 0.3) is 0 Å². The van der Waals surface area contributed by atoms with Crippen LogP contribution in [0.25, 0.3) is 0 Å². The highest BCUT2D eigenvalue weighted by molar-refractivity contribution is 5.98. The van der Waals surface area contributed by atoms with E-state index in [1.807, 2.05) is 12.1 Å². The fraction of sp³-hybridized carbons (Fsp3) is 0.360. The Labute approximate surface area is 210 Å². The molecule has 2 rings (SSSR count). The highest BCUT2D eigenvalue weighted by Crippen LogP contribution is 2.11. The molecule has 1 unspecified atom stereocenters. The summed E-state index contributed by atoms with van der Waals surface area (Å²) in [5.41, 5.74) is 14.3. The van der Waals surface area contributed by atoms with E-state index in [1.165, 1.54) is 0 Å². The quantitative estimate of drug-likeness (QED) is 0.234. The minimum atomic E-state index is -0.837. The highest BCUT2D eigenvalue weighted by atomic mass is 16.6. The van der Waals surface area contributed by atoms with Crippen molar-refractivity contribution in [1.82, 2.24) is 5.32 Å². The molecular formula is C25H34N6O5. The maximum atomic E-state index is 12.1. The van der Waals surface area contributed by atoms with Crippen LogP contribution in [0.4, 0.5) is 15.3 Å². The molecule has 0 aliphatic rings. The Balaban J connectivity index is 1.88. The molecule has 0 radical (unpaired) electrons. The second-order valence-electron chi connectivity index (χ2n) is 8.86. The van der Waals surface area contributed by atoms with Gasteiger partial charge < -0.3 is 31.0 Å². The number of hydrogen-bond donors (Lipinski definition) is 4. The lowest BCUT2D eigenvalue weighted by atomic mass is 10.1. The Bertz CT molecular complexity index is 1080. The molecule has 0 fully saturated rings. The fourth-order valence-electron chi connectivity index (χ4n) is 2.75. The van der Waals surface area contributed by atoms with Crippen molar-refractivity contribution >= 4 is 29.5 Å². The van der Waals surface area contributed by atoms with Gasteiger partial charge in [-0.1, -0.05) is 36.4 Å². The van der Waals surface area contributed by atoms with E-state index in [2.05, 4.69) is 20.8 Å². The summed E-state index contributed by atoms with van der Waals surface area (Å²) in [6.45, 7) is 7.73. The number of amides is 2. The minimum absolute atomic E-state index is 0.0262. The molecule has 0 bridgehead atoms. The van der Waals surface area contributed by atoms with Gasteiger partial charge in [0.05, 0.1) is 6.61 Å². The topological polar surface area (TPSA) is 163 Å². The first-order valence-electron chi connectivity index (χ1n) is 11.2. The average molecular weight is 499 g/mol. The van der Waals surface area contributed by atoms with E-state index < -0.39 is 23.9 Å². The van der Waals surface area contributed by atoms with E-state index in [0.29, 0.717) is 24.4 Å². The zero-order valence-corrected chi connectivity index (χ0v) is 21.2. The number of nitrogens with two attached hydrogens (primary N) is 2. The van der Waals surface area contributed by atoms with Crippen LogP contribution in [-0.4, -0.2) is 42.7 Å². The second-order valence-corrected chi connectivity index (χ2v) is 8.86. The van der Waals surface area contributed by atoms with Crippen LogP contribution in [0.1, 0.15) is 44.4 Å². The van der Waals surface area contributed by atoms with Gasteiger partial charge in [-0.15, -0.1) is 10.2 Å². The molecule has 0 spiro atoms. The summed E-state index contributed by atoms with van der Waals surface area (Å²) in [4.78, 5) is 23.9. The van der Waals surface area contributed by atoms with Crippen molar-refractivity contribution in [3.63, 3.8) is 0 Å². The van der Waals surface area contributed by atoms with Crippen molar-refractivity contribution < 1.29 is 23.8 Å². The number of hydrogen-bond acceptors (Lipinski definition) is 7. The summed E-state index contributed by atoms with van der Waals surface area (Å²) in [6, 6.07) is 14.2. The number of nitrogens with zero attached hydrogens (tertiary/aromatic N) is 2. The van der Waals surface area contributed by atoms with Gasteiger partial charge in [0, 0.05) is 24.9 Å². The summed E-state index contributed by atoms with van der Waals surface area (Å²) >= 11 is 0. The summed E-state index contributed by atoms with van der Waals surface area (Å²) in [5.74, 6) is 0.0964. The molecule has 6 N–H and O–H groups in total. The number of ether oxygens (including phenoxy) is 3. The van der Waals surface area contributed by atoms with Crippen LogP contribution in [0.2, 0.25) is 0 Å². The lowest BCUT2D eigenvalue weighted by molar-refractivity contribution is 0.0523. The maximum absolute atomic E-state index is 12.1. The summed E-state index contributed by atoms with van der Waals surface area (Å²) in [5, 5.41) is 13.1. The third-order valence-electron chi connectivity index (χ3n) is 4.57. The molecule has 2 aromatic rings. The number of methoxy groups -OCH3 is 1. The normalized spacial score (nSPS) is 13.0. The highest BCUT2D eigenvalue weighted by Gasteiger charge is 2.16. The predicted molar refractivity (Wildman–Crippen MR) is 139 cm³/mol. The monoisotopic (exact) mass is 498 g/mol. The van der Waals surface area contributed by atoms with Gasteiger partial charge in [0.1, 0.15) is 5.60 Å². The first-order chi connectivity index (χ1) is 17.0. The zero-order chi connectivity index (χ0) is 26.7. The van der Waals surface area contributed by atoms with Crippen LogP contribution in [0.5, 0.6) is 0 Å². The lowest BCUT2D eigenvalue weighted by Crippen LogP contribution is -2.32. The van der Waals surface area contributed by atoms with Gasteiger partial charge in [-0.2, -0.15) is 0 Å². The number of benzene rings is 2. The molecule has 0 saturated carbocycles. The minimum Gasteiger partial charge on any atom is -0.444 e. The number of carbonyl (C=O) groups is 2. The molecule has 2 aromatic carbocycles. The van der Waals surface area contributed by atoms with Gasteiger partial charge in [-0.05, 0) is 51.0 Å². The molecule has 0 heterocycles. The molecule has 0 saturated heterocycles. The molecule has 11 nitrogen and oxygen atoms in total. The second kappa shape index (κ2) is 13.1. The van der Waals surface area contributed by atoms with Crippen LogP contribution in [-0.2, 0) is 27.4 Å². The number of nitrogens with one attached hydrogen (secondary N) is 2. The van der Waals surface area contributed by atoms with Crippen LogP contribution >= 0.6 is 0 Å².